The molecule has 1 fully saturated rings. The summed E-state index contributed by atoms with van der Waals surface area (Å²) in [5.41, 5.74) is 4.48. The number of fused-ring (bicyclic) bond motifs is 2. The number of nitrogens with zero attached hydrogens (tertiary/aromatic N) is 5. The quantitative estimate of drug-likeness (QED) is 0.491. The molecule has 7 nitrogen and oxygen atoms in total. The number of amides is 1. The molecule has 0 N–H and O–H groups in total. The lowest BCUT2D eigenvalue weighted by Crippen LogP contribution is -2.55. The monoisotopic (exact) mass is 485 g/mol. The molecule has 3 aromatic rings. The molecule has 1 aliphatic carbocycles. The van der Waals surface area contributed by atoms with Gasteiger partial charge in [-0.05, 0) is 53.7 Å². The lowest BCUT2D eigenvalue weighted by molar-refractivity contribution is -0.128. The van der Waals surface area contributed by atoms with Crippen LogP contribution >= 0.6 is 0 Å². The molecule has 184 valence electrons. The number of ether oxygens (including phenoxy) is 1. The van der Waals surface area contributed by atoms with Crippen molar-refractivity contribution in [2.75, 3.05) is 31.6 Å². The van der Waals surface area contributed by atoms with Gasteiger partial charge in [0, 0.05) is 30.6 Å². The summed E-state index contributed by atoms with van der Waals surface area (Å²) in [6, 6.07) is 11.4. The first-order valence-corrected chi connectivity index (χ1v) is 12.2. The van der Waals surface area contributed by atoms with Crippen molar-refractivity contribution >= 4 is 22.6 Å². The summed E-state index contributed by atoms with van der Waals surface area (Å²) in [6.07, 6.45) is 3.43. The number of nitriles is 1. The zero-order valence-electron chi connectivity index (χ0n) is 20.5. The third-order valence-electron chi connectivity index (χ3n) is 7.35. The molecule has 36 heavy (non-hydrogen) atoms. The number of benzene rings is 2. The molecular formula is C28H28FN5O2. The van der Waals surface area contributed by atoms with Crippen molar-refractivity contribution in [1.82, 2.24) is 14.9 Å². The smallest absolute Gasteiger partial charge is 0.318 e. The van der Waals surface area contributed by atoms with Crippen molar-refractivity contribution in [3.05, 3.63) is 59.9 Å². The maximum absolute atomic E-state index is 15.7. The highest BCUT2D eigenvalue weighted by molar-refractivity contribution is 5.94. The Morgan fingerprint density at radius 1 is 1.31 bits per heavy atom. The third-order valence-corrected chi connectivity index (χ3v) is 7.35. The Morgan fingerprint density at radius 2 is 2.14 bits per heavy atom. The van der Waals surface area contributed by atoms with Crippen LogP contribution in [0, 0.1) is 17.1 Å². The molecule has 1 saturated heterocycles. The van der Waals surface area contributed by atoms with Crippen LogP contribution in [0.5, 0.6) is 6.01 Å². The minimum absolute atomic E-state index is 0.173. The number of methoxy groups -OCH3 is 1. The lowest BCUT2D eigenvalue weighted by Gasteiger charge is -2.41. The molecule has 0 radical (unpaired) electrons. The first-order valence-electron chi connectivity index (χ1n) is 12.2. The summed E-state index contributed by atoms with van der Waals surface area (Å²) in [5, 5.41) is 9.90. The lowest BCUT2D eigenvalue weighted by atomic mass is 9.94. The van der Waals surface area contributed by atoms with Gasteiger partial charge < -0.3 is 14.5 Å². The summed E-state index contributed by atoms with van der Waals surface area (Å²) in [6.45, 7) is 7.04. The number of aromatic nitrogens is 2. The van der Waals surface area contributed by atoms with Gasteiger partial charge in [-0.1, -0.05) is 31.7 Å². The zero-order chi connectivity index (χ0) is 25.4. The topological polar surface area (TPSA) is 82.3 Å². The number of piperazine rings is 1. The van der Waals surface area contributed by atoms with Gasteiger partial charge >= 0.3 is 6.01 Å². The SMILES string of the molecule is C=CC(=O)N1CCN(c2nc(OC)nc3cc(-c4cccc5c4CCC5C)c(F)cc23)C[C@@H]1CC#N. The summed E-state index contributed by atoms with van der Waals surface area (Å²) >= 11 is 0. The van der Waals surface area contributed by atoms with Crippen LogP contribution in [-0.4, -0.2) is 53.6 Å². The molecule has 2 aromatic carbocycles. The van der Waals surface area contributed by atoms with Gasteiger partial charge in [0.05, 0.1) is 31.2 Å². The van der Waals surface area contributed by atoms with Crippen LogP contribution in [0.3, 0.4) is 0 Å². The highest BCUT2D eigenvalue weighted by Crippen LogP contribution is 2.41. The molecule has 0 spiro atoms. The standard InChI is InChI=1S/C28H28FN5O2/c1-4-26(35)34-13-12-33(16-18(34)10-11-30)27-23-14-24(29)22(15-25(23)31-28(32-27)36-3)20-7-5-6-19-17(2)8-9-21(19)20/h4-7,14-15,17-18H,1,8-10,12-13,16H2,2-3H3/t17?,18-/m0/s1. The number of rotatable bonds is 5. The number of carbonyl (C=O) groups is 1. The van der Waals surface area contributed by atoms with Crippen LogP contribution in [0.15, 0.2) is 43.0 Å². The van der Waals surface area contributed by atoms with Crippen LogP contribution in [0.25, 0.3) is 22.0 Å². The van der Waals surface area contributed by atoms with E-state index in [1.54, 1.807) is 11.0 Å². The zero-order valence-corrected chi connectivity index (χ0v) is 20.5. The van der Waals surface area contributed by atoms with E-state index in [1.807, 2.05) is 17.0 Å². The van der Waals surface area contributed by atoms with Gasteiger partial charge in [-0.3, -0.25) is 4.79 Å². The van der Waals surface area contributed by atoms with E-state index < -0.39 is 0 Å². The normalized spacial score (nSPS) is 19.2. The van der Waals surface area contributed by atoms with Gasteiger partial charge in [-0.2, -0.15) is 15.2 Å². The van der Waals surface area contributed by atoms with Gasteiger partial charge in [0.15, 0.2) is 0 Å². The van der Waals surface area contributed by atoms with Crippen molar-refractivity contribution in [3.63, 3.8) is 0 Å². The molecule has 1 unspecified atom stereocenters. The number of anilines is 1. The molecule has 2 aliphatic rings. The minimum atomic E-state index is -0.334. The fourth-order valence-electron chi connectivity index (χ4n) is 5.50. The van der Waals surface area contributed by atoms with Gasteiger partial charge in [0.1, 0.15) is 11.6 Å². The summed E-state index contributed by atoms with van der Waals surface area (Å²) in [5.74, 6) is 0.452. The van der Waals surface area contributed by atoms with E-state index in [9.17, 15) is 10.1 Å². The van der Waals surface area contributed by atoms with Crippen molar-refractivity contribution in [1.29, 1.82) is 5.26 Å². The van der Waals surface area contributed by atoms with Crippen LogP contribution < -0.4 is 9.64 Å². The van der Waals surface area contributed by atoms with E-state index in [0.717, 1.165) is 18.4 Å². The predicted octanol–water partition coefficient (Wildman–Crippen LogP) is 4.61. The summed E-state index contributed by atoms with van der Waals surface area (Å²) in [4.78, 5) is 25.0. The largest absolute Gasteiger partial charge is 0.467 e. The maximum Gasteiger partial charge on any atom is 0.318 e. The molecule has 2 atom stereocenters. The molecule has 5 rings (SSSR count). The van der Waals surface area contributed by atoms with E-state index >= 15 is 4.39 Å². The van der Waals surface area contributed by atoms with Crippen molar-refractivity contribution in [2.24, 2.45) is 0 Å². The number of hydrogen-bond acceptors (Lipinski definition) is 6. The second-order valence-electron chi connectivity index (χ2n) is 9.39. The Labute approximate surface area is 209 Å². The molecule has 8 heteroatoms. The third kappa shape index (κ3) is 4.05. The Bertz CT molecular complexity index is 1400. The van der Waals surface area contributed by atoms with Crippen LogP contribution in [0.2, 0.25) is 0 Å². The average Bonchev–Trinajstić information content (AvgIpc) is 3.28. The highest BCUT2D eigenvalue weighted by atomic mass is 19.1. The first kappa shape index (κ1) is 23.7. The van der Waals surface area contributed by atoms with E-state index in [4.69, 9.17) is 4.74 Å². The molecule has 0 saturated carbocycles. The molecule has 0 bridgehead atoms. The van der Waals surface area contributed by atoms with E-state index in [1.165, 1.54) is 30.4 Å². The maximum atomic E-state index is 15.7. The minimum Gasteiger partial charge on any atom is -0.467 e. The first-order chi connectivity index (χ1) is 17.4. The second-order valence-corrected chi connectivity index (χ2v) is 9.39. The summed E-state index contributed by atoms with van der Waals surface area (Å²) < 4.78 is 21.1. The fourth-order valence-corrected chi connectivity index (χ4v) is 5.50. The highest BCUT2D eigenvalue weighted by Gasteiger charge is 2.31. The van der Waals surface area contributed by atoms with Gasteiger partial charge in [-0.15, -0.1) is 0 Å². The molecule has 2 heterocycles. The number of hydrogen-bond donors (Lipinski definition) is 0. The van der Waals surface area contributed by atoms with Crippen molar-refractivity contribution in [3.8, 4) is 23.2 Å². The van der Waals surface area contributed by atoms with Crippen LogP contribution in [-0.2, 0) is 11.2 Å². The second kappa shape index (κ2) is 9.57. The Balaban J connectivity index is 1.59. The molecule has 1 amide bonds. The van der Waals surface area contributed by atoms with Gasteiger partial charge in [0.2, 0.25) is 5.91 Å². The van der Waals surface area contributed by atoms with Crippen LogP contribution in [0.1, 0.15) is 36.8 Å². The van der Waals surface area contributed by atoms with Gasteiger partial charge in [0.25, 0.3) is 0 Å². The Kier molecular flexibility index (Phi) is 6.31. The summed E-state index contributed by atoms with van der Waals surface area (Å²) in [7, 11) is 1.50. The molecule has 1 aliphatic heterocycles. The van der Waals surface area contributed by atoms with E-state index in [-0.39, 0.29) is 30.2 Å². The van der Waals surface area contributed by atoms with E-state index in [0.29, 0.717) is 47.8 Å². The van der Waals surface area contributed by atoms with Crippen molar-refractivity contribution in [2.45, 2.75) is 38.1 Å². The van der Waals surface area contributed by atoms with Crippen LogP contribution in [0.4, 0.5) is 10.2 Å². The predicted molar refractivity (Wildman–Crippen MR) is 136 cm³/mol. The van der Waals surface area contributed by atoms with Crippen molar-refractivity contribution < 1.29 is 13.9 Å². The molecular weight excluding hydrogens is 457 g/mol. The molecule has 1 aromatic heterocycles. The Morgan fingerprint density at radius 3 is 2.89 bits per heavy atom. The number of halogens is 1. The number of carbonyl (C=O) groups excluding carboxylic acids is 1. The van der Waals surface area contributed by atoms with Gasteiger partial charge in [-0.25, -0.2) is 4.39 Å². The Hall–Kier alpha value is -3.99. The average molecular weight is 486 g/mol. The fraction of sp³-hybridized carbons (Fsp3) is 0.357. The van der Waals surface area contributed by atoms with E-state index in [2.05, 4.69) is 35.6 Å².